The van der Waals surface area contributed by atoms with Gasteiger partial charge in [0.1, 0.15) is 5.75 Å². The van der Waals surface area contributed by atoms with Crippen LogP contribution in [0, 0.1) is 0 Å². The number of esters is 1. The van der Waals surface area contributed by atoms with E-state index in [1.54, 1.807) is 37.3 Å². The summed E-state index contributed by atoms with van der Waals surface area (Å²) in [6.07, 6.45) is 1.16. The van der Waals surface area contributed by atoms with Crippen LogP contribution in [0.3, 0.4) is 0 Å². The van der Waals surface area contributed by atoms with Gasteiger partial charge in [-0.3, -0.25) is 9.59 Å². The van der Waals surface area contributed by atoms with Gasteiger partial charge in [0.2, 0.25) is 5.78 Å². The van der Waals surface area contributed by atoms with Crippen LogP contribution in [0.25, 0.3) is 0 Å². The Bertz CT molecular complexity index is 717. The zero-order valence-corrected chi connectivity index (χ0v) is 13.5. The van der Waals surface area contributed by atoms with Crippen molar-refractivity contribution in [3.63, 3.8) is 0 Å². The third-order valence-electron chi connectivity index (χ3n) is 3.49. The summed E-state index contributed by atoms with van der Waals surface area (Å²) < 4.78 is 15.1. The quantitative estimate of drug-likeness (QED) is 0.420. The molecular weight excluding hydrogens is 312 g/mol. The molecule has 0 saturated heterocycles. The number of benzene rings is 1. The molecule has 1 atom stereocenters. The molecule has 0 N–H and O–H groups in total. The molecule has 1 aromatic carbocycles. The van der Waals surface area contributed by atoms with Crippen LogP contribution in [-0.4, -0.2) is 31.3 Å². The minimum absolute atomic E-state index is 0.0787. The number of para-hydroxylation sites is 1. The first-order valence-electron chi connectivity index (χ1n) is 7.49. The van der Waals surface area contributed by atoms with Crippen LogP contribution in [0.5, 0.6) is 5.75 Å². The zero-order chi connectivity index (χ0) is 17.5. The molecule has 1 heterocycles. The number of methoxy groups -OCH3 is 1. The van der Waals surface area contributed by atoms with E-state index in [-0.39, 0.29) is 24.6 Å². The van der Waals surface area contributed by atoms with Gasteiger partial charge in [-0.1, -0.05) is 18.2 Å². The van der Waals surface area contributed by atoms with Crippen molar-refractivity contribution in [1.29, 1.82) is 0 Å². The van der Waals surface area contributed by atoms with Crippen LogP contribution in [0.15, 0.2) is 47.1 Å². The molecule has 1 aromatic heterocycles. The smallest absolute Gasteiger partial charge is 0.375 e. The summed E-state index contributed by atoms with van der Waals surface area (Å²) in [7, 11) is 1.46. The third kappa shape index (κ3) is 3.90. The number of furan rings is 1. The van der Waals surface area contributed by atoms with Crippen molar-refractivity contribution >= 4 is 17.5 Å². The summed E-state index contributed by atoms with van der Waals surface area (Å²) in [5.74, 6) is -2.59. The maximum atomic E-state index is 12.5. The molecule has 6 nitrogen and oxygen atoms in total. The van der Waals surface area contributed by atoms with E-state index in [0.717, 1.165) is 0 Å². The van der Waals surface area contributed by atoms with Crippen LogP contribution >= 0.6 is 0 Å². The molecule has 0 aliphatic heterocycles. The summed E-state index contributed by atoms with van der Waals surface area (Å²) in [6.45, 7) is 1.69. The first-order valence-corrected chi connectivity index (χ1v) is 7.49. The average molecular weight is 330 g/mol. The van der Waals surface area contributed by atoms with Crippen LogP contribution in [0.4, 0.5) is 0 Å². The largest absolute Gasteiger partial charge is 0.496 e. The first kappa shape index (κ1) is 17.5. The van der Waals surface area contributed by atoms with Crippen molar-refractivity contribution in [2.45, 2.75) is 19.3 Å². The molecule has 126 valence electrons. The van der Waals surface area contributed by atoms with Gasteiger partial charge in [-0.05, 0) is 25.1 Å². The van der Waals surface area contributed by atoms with Crippen molar-refractivity contribution in [2.75, 3.05) is 13.7 Å². The van der Waals surface area contributed by atoms with Crippen LogP contribution in [0.1, 0.15) is 35.4 Å². The van der Waals surface area contributed by atoms with Gasteiger partial charge < -0.3 is 13.9 Å². The number of carbonyl (C=O) groups excluding carboxylic acids is 3. The fourth-order valence-electron chi connectivity index (χ4n) is 2.37. The number of hydrogen-bond donors (Lipinski definition) is 0. The Balaban J connectivity index is 2.35. The van der Waals surface area contributed by atoms with Crippen LogP contribution < -0.4 is 4.74 Å². The van der Waals surface area contributed by atoms with Gasteiger partial charge >= 0.3 is 5.97 Å². The fraction of sp³-hybridized carbons (Fsp3) is 0.278. The molecule has 24 heavy (non-hydrogen) atoms. The molecule has 2 rings (SSSR count). The molecule has 0 aliphatic carbocycles. The van der Waals surface area contributed by atoms with Crippen molar-refractivity contribution in [3.05, 3.63) is 54.0 Å². The highest BCUT2D eigenvalue weighted by molar-refractivity contribution is 6.36. The van der Waals surface area contributed by atoms with E-state index in [4.69, 9.17) is 13.9 Å². The monoisotopic (exact) mass is 330 g/mol. The molecule has 0 saturated carbocycles. The number of ketones is 2. The Kier molecular flexibility index (Phi) is 5.89. The van der Waals surface area contributed by atoms with E-state index in [1.165, 1.54) is 19.4 Å². The summed E-state index contributed by atoms with van der Waals surface area (Å²) in [4.78, 5) is 36.7. The van der Waals surface area contributed by atoms with Gasteiger partial charge in [-0.2, -0.15) is 0 Å². The van der Waals surface area contributed by atoms with E-state index >= 15 is 0 Å². The highest BCUT2D eigenvalue weighted by atomic mass is 16.5. The SMILES string of the molecule is CCOC(=O)C(=O)C(CC(=O)c1ccco1)c1ccccc1OC. The lowest BCUT2D eigenvalue weighted by molar-refractivity contribution is -0.154. The van der Waals surface area contributed by atoms with Gasteiger partial charge in [0, 0.05) is 12.0 Å². The van der Waals surface area contributed by atoms with E-state index in [2.05, 4.69) is 0 Å². The van der Waals surface area contributed by atoms with E-state index < -0.39 is 17.7 Å². The minimum atomic E-state index is -1.00. The number of hydrogen-bond acceptors (Lipinski definition) is 6. The van der Waals surface area contributed by atoms with Gasteiger partial charge in [-0.25, -0.2) is 4.79 Å². The third-order valence-corrected chi connectivity index (χ3v) is 3.49. The summed E-state index contributed by atoms with van der Waals surface area (Å²) >= 11 is 0. The molecule has 0 aliphatic rings. The molecule has 0 amide bonds. The van der Waals surface area contributed by atoms with Crippen molar-refractivity contribution < 1.29 is 28.3 Å². The summed E-state index contributed by atoms with van der Waals surface area (Å²) in [6, 6.07) is 9.85. The standard InChI is InChI=1S/C18H18O6/c1-3-23-18(21)17(20)13(11-14(19)16-9-6-10-24-16)12-7-4-5-8-15(12)22-2/h4-10,13H,3,11H2,1-2H3. The molecule has 6 heteroatoms. The summed E-state index contributed by atoms with van der Waals surface area (Å²) in [5, 5.41) is 0. The van der Waals surface area contributed by atoms with Crippen molar-refractivity contribution in [1.82, 2.24) is 0 Å². The first-order chi connectivity index (χ1) is 11.6. The molecule has 0 spiro atoms. The van der Waals surface area contributed by atoms with Gasteiger partial charge in [0.25, 0.3) is 0 Å². The normalized spacial score (nSPS) is 11.6. The van der Waals surface area contributed by atoms with E-state index in [9.17, 15) is 14.4 Å². The summed E-state index contributed by atoms with van der Waals surface area (Å²) in [5.41, 5.74) is 0.456. The zero-order valence-electron chi connectivity index (χ0n) is 13.5. The van der Waals surface area contributed by atoms with E-state index in [1.807, 2.05) is 0 Å². The lowest BCUT2D eigenvalue weighted by Gasteiger charge is -2.17. The highest BCUT2D eigenvalue weighted by Gasteiger charge is 2.32. The topological polar surface area (TPSA) is 82.8 Å². The Labute approximate surface area is 139 Å². The molecule has 0 fully saturated rings. The Morgan fingerprint density at radius 3 is 2.50 bits per heavy atom. The Morgan fingerprint density at radius 2 is 1.88 bits per heavy atom. The molecule has 2 aromatic rings. The van der Waals surface area contributed by atoms with Crippen molar-refractivity contribution in [2.24, 2.45) is 0 Å². The molecular formula is C18H18O6. The number of carbonyl (C=O) groups is 3. The Morgan fingerprint density at radius 1 is 1.12 bits per heavy atom. The van der Waals surface area contributed by atoms with Gasteiger partial charge in [0.05, 0.1) is 25.9 Å². The molecule has 0 bridgehead atoms. The van der Waals surface area contributed by atoms with Crippen LogP contribution in [0.2, 0.25) is 0 Å². The molecule has 1 unspecified atom stereocenters. The van der Waals surface area contributed by atoms with Crippen molar-refractivity contribution in [3.8, 4) is 5.75 Å². The van der Waals surface area contributed by atoms with Crippen LogP contribution in [-0.2, 0) is 14.3 Å². The minimum Gasteiger partial charge on any atom is -0.496 e. The van der Waals surface area contributed by atoms with Gasteiger partial charge in [-0.15, -0.1) is 0 Å². The predicted octanol–water partition coefficient (Wildman–Crippen LogP) is 2.78. The second-order valence-electron chi connectivity index (χ2n) is 4.98. The maximum absolute atomic E-state index is 12.5. The second-order valence-corrected chi connectivity index (χ2v) is 4.98. The lowest BCUT2D eigenvalue weighted by atomic mass is 9.88. The number of rotatable bonds is 8. The second kappa shape index (κ2) is 8.10. The lowest BCUT2D eigenvalue weighted by Crippen LogP contribution is -2.26. The maximum Gasteiger partial charge on any atom is 0.375 e. The van der Waals surface area contributed by atoms with E-state index in [0.29, 0.717) is 11.3 Å². The fourth-order valence-corrected chi connectivity index (χ4v) is 2.37. The van der Waals surface area contributed by atoms with Gasteiger partial charge in [0.15, 0.2) is 11.5 Å². The molecule has 0 radical (unpaired) electrons. The highest BCUT2D eigenvalue weighted by Crippen LogP contribution is 2.31. The Hall–Kier alpha value is -2.89. The number of ether oxygens (including phenoxy) is 2. The predicted molar refractivity (Wildman–Crippen MR) is 85.0 cm³/mol. The average Bonchev–Trinajstić information content (AvgIpc) is 3.14. The number of Topliss-reactive ketones (excluding diaryl/α,β-unsaturated/α-hetero) is 2.